The van der Waals surface area contributed by atoms with Crippen molar-refractivity contribution in [1.29, 1.82) is 0 Å². The number of hydrogen-bond acceptors (Lipinski definition) is 3. The highest BCUT2D eigenvalue weighted by Crippen LogP contribution is 2.46. The Labute approximate surface area is 175 Å². The van der Waals surface area contributed by atoms with Crippen molar-refractivity contribution in [3.8, 4) is 11.5 Å². The Kier molecular flexibility index (Phi) is 8.04. The maximum atomic E-state index is 5.38. The average molecular weight is 475 g/mol. The van der Waals surface area contributed by atoms with Gasteiger partial charge in [0.1, 0.15) is 0 Å². The van der Waals surface area contributed by atoms with E-state index < -0.39 is 0 Å². The Balaban J connectivity index is 0.00000338. The standard InChI is InChI=1S/C20H33N3O2.HI/c1-8-21-18(23-14-19(2,3)20(23,4)5)22-12-11-15-9-10-16(24-6)17(13-15)25-7;/h9-10,13H,8,11-12,14H2,1-7H3,(H,21,22);1H. The summed E-state index contributed by atoms with van der Waals surface area (Å²) in [4.78, 5) is 7.23. The number of benzene rings is 1. The molecule has 1 aromatic rings. The van der Waals surface area contributed by atoms with Crippen LogP contribution in [0.4, 0.5) is 0 Å². The first-order valence-corrected chi connectivity index (χ1v) is 9.03. The third-order valence-corrected chi connectivity index (χ3v) is 5.58. The average Bonchev–Trinajstić information content (AvgIpc) is 2.58. The molecule has 0 aromatic heterocycles. The van der Waals surface area contributed by atoms with Crippen molar-refractivity contribution >= 4 is 29.9 Å². The van der Waals surface area contributed by atoms with Gasteiger partial charge in [-0.1, -0.05) is 19.9 Å². The Bertz CT molecular complexity index is 629. The summed E-state index contributed by atoms with van der Waals surface area (Å²) in [5.74, 6) is 2.53. The molecule has 1 aliphatic rings. The van der Waals surface area contributed by atoms with Crippen LogP contribution in [0.3, 0.4) is 0 Å². The second kappa shape index (κ2) is 9.15. The van der Waals surface area contributed by atoms with Gasteiger partial charge in [-0.25, -0.2) is 0 Å². The number of nitrogens with one attached hydrogen (secondary N) is 1. The largest absolute Gasteiger partial charge is 0.493 e. The SMILES string of the molecule is CCNC(=NCCc1ccc(OC)c(OC)c1)N1CC(C)(C)C1(C)C.I. The lowest BCUT2D eigenvalue weighted by Gasteiger charge is -2.62. The fraction of sp³-hybridized carbons (Fsp3) is 0.650. The van der Waals surface area contributed by atoms with Crippen LogP contribution in [0.15, 0.2) is 23.2 Å². The van der Waals surface area contributed by atoms with Gasteiger partial charge in [-0.3, -0.25) is 4.99 Å². The Morgan fingerprint density at radius 1 is 1.15 bits per heavy atom. The zero-order chi connectivity index (χ0) is 18.7. The summed E-state index contributed by atoms with van der Waals surface area (Å²) in [6.07, 6.45) is 0.868. The molecule has 1 aromatic carbocycles. The molecule has 2 rings (SSSR count). The fourth-order valence-electron chi connectivity index (χ4n) is 3.12. The lowest BCUT2D eigenvalue weighted by molar-refractivity contribution is -0.0667. The molecule has 5 nitrogen and oxygen atoms in total. The Morgan fingerprint density at radius 3 is 2.31 bits per heavy atom. The van der Waals surface area contributed by atoms with E-state index in [1.807, 2.05) is 12.1 Å². The van der Waals surface area contributed by atoms with Gasteiger partial charge in [0.05, 0.1) is 14.2 Å². The van der Waals surface area contributed by atoms with Crippen molar-refractivity contribution in [2.75, 3.05) is 33.9 Å². The molecule has 0 radical (unpaired) electrons. The van der Waals surface area contributed by atoms with Gasteiger partial charge in [-0.2, -0.15) is 0 Å². The zero-order valence-corrected chi connectivity index (χ0v) is 19.5. The predicted molar refractivity (Wildman–Crippen MR) is 119 cm³/mol. The number of likely N-dealkylation sites (tertiary alicyclic amines) is 1. The van der Waals surface area contributed by atoms with E-state index in [1.165, 1.54) is 5.56 Å². The van der Waals surface area contributed by atoms with Crippen LogP contribution in [-0.2, 0) is 6.42 Å². The minimum absolute atomic E-state index is 0. The number of nitrogens with zero attached hydrogens (tertiary/aromatic N) is 2. The van der Waals surface area contributed by atoms with E-state index in [1.54, 1.807) is 14.2 Å². The third-order valence-electron chi connectivity index (χ3n) is 5.58. The van der Waals surface area contributed by atoms with Crippen molar-refractivity contribution < 1.29 is 9.47 Å². The normalized spacial score (nSPS) is 17.8. The van der Waals surface area contributed by atoms with Crippen LogP contribution < -0.4 is 14.8 Å². The van der Waals surface area contributed by atoms with Crippen LogP contribution in [0.25, 0.3) is 0 Å². The van der Waals surface area contributed by atoms with E-state index >= 15 is 0 Å². The van der Waals surface area contributed by atoms with Crippen LogP contribution in [0.2, 0.25) is 0 Å². The highest BCUT2D eigenvalue weighted by atomic mass is 127. The number of rotatable bonds is 6. The molecule has 148 valence electrons. The van der Waals surface area contributed by atoms with Gasteiger partial charge in [0.25, 0.3) is 0 Å². The molecule has 1 N–H and O–H groups in total. The summed E-state index contributed by atoms with van der Waals surface area (Å²) in [7, 11) is 3.32. The fourth-order valence-corrected chi connectivity index (χ4v) is 3.12. The lowest BCUT2D eigenvalue weighted by Crippen LogP contribution is -2.72. The highest BCUT2D eigenvalue weighted by Gasteiger charge is 2.53. The maximum absolute atomic E-state index is 5.38. The third kappa shape index (κ3) is 4.56. The summed E-state index contributed by atoms with van der Waals surface area (Å²) >= 11 is 0. The summed E-state index contributed by atoms with van der Waals surface area (Å²) < 4.78 is 10.7. The Hall–Kier alpha value is -1.18. The summed E-state index contributed by atoms with van der Waals surface area (Å²) in [5, 5.41) is 3.44. The van der Waals surface area contributed by atoms with Crippen LogP contribution in [-0.4, -0.2) is 50.3 Å². The van der Waals surface area contributed by atoms with Gasteiger partial charge in [0, 0.05) is 30.6 Å². The first-order chi connectivity index (χ1) is 11.8. The molecule has 0 bridgehead atoms. The van der Waals surface area contributed by atoms with Gasteiger partial charge in [0.2, 0.25) is 0 Å². The first kappa shape index (κ1) is 22.9. The monoisotopic (exact) mass is 475 g/mol. The van der Waals surface area contributed by atoms with Crippen LogP contribution in [0.5, 0.6) is 11.5 Å². The van der Waals surface area contributed by atoms with Gasteiger partial charge >= 0.3 is 0 Å². The van der Waals surface area contributed by atoms with Gasteiger partial charge in [-0.15, -0.1) is 24.0 Å². The van der Waals surface area contributed by atoms with Crippen molar-refractivity contribution in [2.24, 2.45) is 10.4 Å². The topological polar surface area (TPSA) is 46.1 Å². The van der Waals surface area contributed by atoms with Crippen molar-refractivity contribution in [3.63, 3.8) is 0 Å². The maximum Gasteiger partial charge on any atom is 0.194 e. The van der Waals surface area contributed by atoms with Crippen molar-refractivity contribution in [1.82, 2.24) is 10.2 Å². The smallest absolute Gasteiger partial charge is 0.194 e. The molecule has 0 atom stereocenters. The number of ether oxygens (including phenoxy) is 2. The van der Waals surface area contributed by atoms with Crippen LogP contribution in [0, 0.1) is 5.41 Å². The molecule has 1 saturated heterocycles. The molecule has 0 aliphatic carbocycles. The molecule has 1 aliphatic heterocycles. The molecule has 0 saturated carbocycles. The van der Waals surface area contributed by atoms with Gasteiger partial charge in [-0.05, 0) is 44.9 Å². The van der Waals surface area contributed by atoms with Crippen molar-refractivity contribution in [2.45, 2.75) is 46.6 Å². The molecule has 26 heavy (non-hydrogen) atoms. The molecular formula is C20H34IN3O2. The predicted octanol–water partition coefficient (Wildman–Crippen LogP) is 3.95. The second-order valence-corrected chi connectivity index (χ2v) is 7.70. The molecule has 1 heterocycles. The Morgan fingerprint density at radius 2 is 1.81 bits per heavy atom. The number of hydrogen-bond donors (Lipinski definition) is 1. The van der Waals surface area contributed by atoms with Crippen molar-refractivity contribution in [3.05, 3.63) is 23.8 Å². The molecule has 1 fully saturated rings. The van der Waals surface area contributed by atoms with E-state index in [0.717, 1.165) is 43.5 Å². The second-order valence-electron chi connectivity index (χ2n) is 7.70. The van der Waals surface area contributed by atoms with Crippen LogP contribution >= 0.6 is 24.0 Å². The van der Waals surface area contributed by atoms with E-state index in [9.17, 15) is 0 Å². The first-order valence-electron chi connectivity index (χ1n) is 9.03. The number of methoxy groups -OCH3 is 2. The number of halogens is 1. The summed E-state index contributed by atoms with van der Waals surface area (Å²) in [6, 6.07) is 6.04. The van der Waals surface area contributed by atoms with Gasteiger partial charge < -0.3 is 19.7 Å². The lowest BCUT2D eigenvalue weighted by atomic mass is 9.65. The van der Waals surface area contributed by atoms with Crippen LogP contribution in [0.1, 0.15) is 40.2 Å². The summed E-state index contributed by atoms with van der Waals surface area (Å²) in [6.45, 7) is 14.0. The molecule has 0 unspecified atom stereocenters. The highest BCUT2D eigenvalue weighted by molar-refractivity contribution is 14.0. The minimum atomic E-state index is 0. The molecule has 0 spiro atoms. The number of aliphatic imine (C=N–C) groups is 1. The quantitative estimate of drug-likeness (QED) is 0.385. The van der Waals surface area contributed by atoms with E-state index in [2.05, 4.69) is 50.9 Å². The number of guanidine groups is 1. The molecule has 0 amide bonds. The summed E-state index contributed by atoms with van der Waals surface area (Å²) in [5.41, 5.74) is 1.60. The molecule has 6 heteroatoms. The van der Waals surface area contributed by atoms with E-state index in [4.69, 9.17) is 14.5 Å². The van der Waals surface area contributed by atoms with E-state index in [0.29, 0.717) is 5.41 Å². The minimum Gasteiger partial charge on any atom is -0.493 e. The van der Waals surface area contributed by atoms with Gasteiger partial charge in [0.15, 0.2) is 17.5 Å². The van der Waals surface area contributed by atoms with E-state index in [-0.39, 0.29) is 29.5 Å². The zero-order valence-electron chi connectivity index (χ0n) is 17.2. The molecular weight excluding hydrogens is 441 g/mol.